The number of fused-ring (bicyclic) bond motifs is 1. The van der Waals surface area contributed by atoms with Gasteiger partial charge in [0, 0.05) is 30.9 Å². The van der Waals surface area contributed by atoms with Gasteiger partial charge in [-0.3, -0.25) is 9.36 Å². The number of aryl methyl sites for hydroxylation is 1. The van der Waals surface area contributed by atoms with E-state index in [1.54, 1.807) is 30.6 Å². The maximum Gasteiger partial charge on any atom is 0.243 e. The number of para-hydroxylation sites is 2. The number of nitrogens with one attached hydrogen (secondary N) is 1. The van der Waals surface area contributed by atoms with Crippen LogP contribution in [0.25, 0.3) is 16.7 Å². The lowest BCUT2D eigenvalue weighted by Gasteiger charge is -2.15. The van der Waals surface area contributed by atoms with Crippen molar-refractivity contribution in [2.24, 2.45) is 0 Å². The van der Waals surface area contributed by atoms with E-state index in [2.05, 4.69) is 10.3 Å². The number of anilines is 1. The minimum atomic E-state index is -3.41. The van der Waals surface area contributed by atoms with Gasteiger partial charge in [0.05, 0.1) is 15.9 Å². The van der Waals surface area contributed by atoms with Crippen LogP contribution in [-0.4, -0.2) is 41.3 Å². The first-order chi connectivity index (χ1) is 16.5. The summed E-state index contributed by atoms with van der Waals surface area (Å²) in [7, 11) is -3.41. The number of benzene rings is 3. The lowest BCUT2D eigenvalue weighted by atomic mass is 10.1. The van der Waals surface area contributed by atoms with Crippen LogP contribution in [0.15, 0.2) is 84.0 Å². The Bertz CT molecular complexity index is 1400. The molecule has 0 atom stereocenters. The Morgan fingerprint density at radius 2 is 1.62 bits per heavy atom. The fraction of sp³-hybridized carbons (Fsp3) is 0.231. The van der Waals surface area contributed by atoms with Gasteiger partial charge in [0.25, 0.3) is 0 Å². The summed E-state index contributed by atoms with van der Waals surface area (Å²) < 4.78 is 28.8. The molecule has 174 valence electrons. The number of nitrogens with zero attached hydrogens (tertiary/aromatic N) is 3. The number of hydrogen-bond donors (Lipinski definition) is 1. The third-order valence-electron chi connectivity index (χ3n) is 6.15. The van der Waals surface area contributed by atoms with E-state index in [0.29, 0.717) is 30.8 Å². The van der Waals surface area contributed by atoms with Crippen LogP contribution in [0.5, 0.6) is 0 Å². The molecular weight excluding hydrogens is 448 g/mol. The van der Waals surface area contributed by atoms with Gasteiger partial charge < -0.3 is 5.32 Å². The van der Waals surface area contributed by atoms with Gasteiger partial charge >= 0.3 is 0 Å². The van der Waals surface area contributed by atoms with Crippen LogP contribution in [-0.2, 0) is 21.2 Å². The standard InChI is InChI=1S/C26H26N4O3S/c31-26(16-9-20-7-14-23(15-8-20)34(32,33)29-17-3-4-18-29)28-21-10-12-22(13-11-21)30-19-27-24-5-1-2-6-25(24)30/h1-2,5-8,10-15,19H,3-4,9,16-18H2,(H,28,31). The van der Waals surface area contributed by atoms with Crippen LogP contribution in [0.2, 0.25) is 0 Å². The van der Waals surface area contributed by atoms with E-state index in [4.69, 9.17) is 0 Å². The van der Waals surface area contributed by atoms with Crippen LogP contribution < -0.4 is 5.32 Å². The zero-order valence-corrected chi connectivity index (χ0v) is 19.5. The molecule has 1 saturated heterocycles. The molecule has 1 aromatic heterocycles. The number of rotatable bonds is 7. The van der Waals surface area contributed by atoms with Gasteiger partial charge in [0.2, 0.25) is 15.9 Å². The van der Waals surface area contributed by atoms with E-state index in [0.717, 1.165) is 40.8 Å². The summed E-state index contributed by atoms with van der Waals surface area (Å²) in [5.74, 6) is -0.0883. The van der Waals surface area contributed by atoms with Crippen molar-refractivity contribution in [1.82, 2.24) is 13.9 Å². The first kappa shape index (κ1) is 22.3. The number of imidazole rings is 1. The highest BCUT2D eigenvalue weighted by Gasteiger charge is 2.26. The molecule has 8 heteroatoms. The molecule has 0 bridgehead atoms. The Morgan fingerprint density at radius 1 is 0.912 bits per heavy atom. The van der Waals surface area contributed by atoms with E-state index in [-0.39, 0.29) is 5.91 Å². The summed E-state index contributed by atoms with van der Waals surface area (Å²) in [5.41, 5.74) is 4.58. The average Bonchev–Trinajstić information content (AvgIpc) is 3.55. The predicted octanol–water partition coefficient (Wildman–Crippen LogP) is 4.38. The molecule has 7 nitrogen and oxygen atoms in total. The van der Waals surface area contributed by atoms with Crippen molar-refractivity contribution in [3.63, 3.8) is 0 Å². The normalized spacial score (nSPS) is 14.5. The van der Waals surface area contributed by atoms with Crippen molar-refractivity contribution in [3.8, 4) is 5.69 Å². The van der Waals surface area contributed by atoms with E-state index in [1.165, 1.54) is 4.31 Å². The quantitative estimate of drug-likeness (QED) is 0.431. The number of aromatic nitrogens is 2. The Kier molecular flexibility index (Phi) is 6.17. The third kappa shape index (κ3) is 4.60. The molecule has 0 radical (unpaired) electrons. The van der Waals surface area contributed by atoms with Crippen molar-refractivity contribution in [3.05, 3.63) is 84.7 Å². The summed E-state index contributed by atoms with van der Waals surface area (Å²) in [6.07, 6.45) is 4.46. The molecule has 0 aliphatic carbocycles. The summed E-state index contributed by atoms with van der Waals surface area (Å²) in [5, 5.41) is 2.93. The van der Waals surface area contributed by atoms with Crippen LogP contribution in [0, 0.1) is 0 Å². The Balaban J connectivity index is 1.17. The molecule has 1 amide bonds. The highest BCUT2D eigenvalue weighted by atomic mass is 32.2. The minimum Gasteiger partial charge on any atom is -0.326 e. The van der Waals surface area contributed by atoms with Crippen LogP contribution >= 0.6 is 0 Å². The molecule has 2 heterocycles. The fourth-order valence-corrected chi connectivity index (χ4v) is 5.77. The largest absolute Gasteiger partial charge is 0.326 e. The molecule has 1 N–H and O–H groups in total. The average molecular weight is 475 g/mol. The van der Waals surface area contributed by atoms with Crippen molar-refractivity contribution in [2.45, 2.75) is 30.6 Å². The molecular formula is C26H26N4O3S. The summed E-state index contributed by atoms with van der Waals surface area (Å²) >= 11 is 0. The molecule has 0 spiro atoms. The van der Waals surface area contributed by atoms with Crippen molar-refractivity contribution >= 4 is 32.7 Å². The maximum absolute atomic E-state index is 12.6. The van der Waals surface area contributed by atoms with Crippen molar-refractivity contribution in [1.29, 1.82) is 0 Å². The molecule has 4 aromatic rings. The molecule has 5 rings (SSSR count). The first-order valence-corrected chi connectivity index (χ1v) is 12.9. The van der Waals surface area contributed by atoms with Crippen LogP contribution in [0.4, 0.5) is 5.69 Å². The number of amides is 1. The van der Waals surface area contributed by atoms with Gasteiger partial charge in [0.15, 0.2) is 0 Å². The monoisotopic (exact) mass is 474 g/mol. The molecule has 3 aromatic carbocycles. The van der Waals surface area contributed by atoms with Gasteiger partial charge in [-0.2, -0.15) is 4.31 Å². The number of hydrogen-bond acceptors (Lipinski definition) is 4. The van der Waals surface area contributed by atoms with E-state index in [9.17, 15) is 13.2 Å². The third-order valence-corrected chi connectivity index (χ3v) is 8.06. The highest BCUT2D eigenvalue weighted by molar-refractivity contribution is 7.89. The van der Waals surface area contributed by atoms with Crippen molar-refractivity contribution in [2.75, 3.05) is 18.4 Å². The first-order valence-electron chi connectivity index (χ1n) is 11.4. The second kappa shape index (κ2) is 9.40. The van der Waals surface area contributed by atoms with E-state index in [1.807, 2.05) is 53.1 Å². The smallest absolute Gasteiger partial charge is 0.243 e. The predicted molar refractivity (Wildman–Crippen MR) is 132 cm³/mol. The number of carbonyl (C=O) groups excluding carboxylic acids is 1. The van der Waals surface area contributed by atoms with Crippen LogP contribution in [0.1, 0.15) is 24.8 Å². The topological polar surface area (TPSA) is 84.3 Å². The van der Waals surface area contributed by atoms with Gasteiger partial charge in [-0.05, 0) is 73.4 Å². The van der Waals surface area contributed by atoms with E-state index < -0.39 is 10.0 Å². The highest BCUT2D eigenvalue weighted by Crippen LogP contribution is 2.22. The van der Waals surface area contributed by atoms with Gasteiger partial charge in [-0.25, -0.2) is 13.4 Å². The molecule has 0 unspecified atom stereocenters. The SMILES string of the molecule is O=C(CCc1ccc(S(=O)(=O)N2CCCC2)cc1)Nc1ccc(-n2cnc3ccccc32)cc1. The molecule has 34 heavy (non-hydrogen) atoms. The number of carbonyl (C=O) groups is 1. The minimum absolute atomic E-state index is 0.0883. The van der Waals surface area contributed by atoms with Crippen LogP contribution in [0.3, 0.4) is 0 Å². The Morgan fingerprint density at radius 3 is 2.35 bits per heavy atom. The summed E-state index contributed by atoms with van der Waals surface area (Å²) in [6.45, 7) is 1.17. The molecule has 1 fully saturated rings. The van der Waals surface area contributed by atoms with Gasteiger partial charge in [-0.15, -0.1) is 0 Å². The van der Waals surface area contributed by atoms with E-state index >= 15 is 0 Å². The maximum atomic E-state index is 12.6. The number of sulfonamides is 1. The second-order valence-electron chi connectivity index (χ2n) is 8.45. The Labute approximate surface area is 199 Å². The molecule has 1 aliphatic heterocycles. The molecule has 0 saturated carbocycles. The van der Waals surface area contributed by atoms with Crippen molar-refractivity contribution < 1.29 is 13.2 Å². The lowest BCUT2D eigenvalue weighted by molar-refractivity contribution is -0.116. The summed E-state index contributed by atoms with van der Waals surface area (Å²) in [6, 6.07) is 22.4. The second-order valence-corrected chi connectivity index (χ2v) is 10.4. The Hall–Kier alpha value is -3.49. The zero-order chi connectivity index (χ0) is 23.5. The van der Waals surface area contributed by atoms with Gasteiger partial charge in [-0.1, -0.05) is 24.3 Å². The molecule has 1 aliphatic rings. The fourth-order valence-electron chi connectivity index (χ4n) is 4.26. The van der Waals surface area contributed by atoms with Gasteiger partial charge in [0.1, 0.15) is 6.33 Å². The summed E-state index contributed by atoms with van der Waals surface area (Å²) in [4.78, 5) is 17.2. The lowest BCUT2D eigenvalue weighted by Crippen LogP contribution is -2.27. The zero-order valence-electron chi connectivity index (χ0n) is 18.7.